The van der Waals surface area contributed by atoms with Gasteiger partial charge in [-0.25, -0.2) is 4.99 Å². The van der Waals surface area contributed by atoms with Gasteiger partial charge < -0.3 is 9.47 Å². The van der Waals surface area contributed by atoms with E-state index in [4.69, 9.17) is 19.7 Å². The summed E-state index contributed by atoms with van der Waals surface area (Å²) in [4.78, 5) is 21.0. The predicted octanol–water partition coefficient (Wildman–Crippen LogP) is 5.78. The molecular formula is C26H27N3O3S. The van der Waals surface area contributed by atoms with Crippen LogP contribution in [0.5, 0.6) is 11.5 Å². The van der Waals surface area contributed by atoms with Crippen molar-refractivity contribution in [1.82, 2.24) is 4.90 Å². The number of amidine groups is 1. The molecule has 2 aliphatic rings. The van der Waals surface area contributed by atoms with Gasteiger partial charge in [0.1, 0.15) is 6.07 Å². The van der Waals surface area contributed by atoms with Gasteiger partial charge in [-0.2, -0.15) is 5.26 Å². The van der Waals surface area contributed by atoms with Crippen molar-refractivity contribution in [3.8, 4) is 17.6 Å². The number of hydrogen-bond donors (Lipinski definition) is 0. The molecule has 1 saturated heterocycles. The molecule has 2 aromatic carbocycles. The lowest BCUT2D eigenvalue weighted by molar-refractivity contribution is -0.124. The first-order valence-electron chi connectivity index (χ1n) is 11.2. The van der Waals surface area contributed by atoms with Crippen molar-refractivity contribution in [2.24, 2.45) is 10.9 Å². The van der Waals surface area contributed by atoms with Gasteiger partial charge in [-0.15, -0.1) is 0 Å². The number of rotatable bonds is 6. The molecule has 0 unspecified atom stereocenters. The van der Waals surface area contributed by atoms with Crippen molar-refractivity contribution < 1.29 is 14.3 Å². The second kappa shape index (κ2) is 10.6. The Hall–Kier alpha value is -3.24. The monoisotopic (exact) mass is 461 g/mol. The average molecular weight is 462 g/mol. The maximum absolute atomic E-state index is 13.6. The average Bonchev–Trinajstić information content (AvgIpc) is 3.13. The number of carbonyl (C=O) groups excluding carboxylic acids is 1. The van der Waals surface area contributed by atoms with Crippen molar-refractivity contribution in [3.63, 3.8) is 0 Å². The molecule has 0 aromatic heterocycles. The van der Waals surface area contributed by atoms with Crippen molar-refractivity contribution >= 4 is 34.6 Å². The zero-order valence-electron chi connectivity index (χ0n) is 18.9. The predicted molar refractivity (Wildman–Crippen MR) is 131 cm³/mol. The Morgan fingerprint density at radius 1 is 1.18 bits per heavy atom. The van der Waals surface area contributed by atoms with Crippen LogP contribution < -0.4 is 9.47 Å². The van der Waals surface area contributed by atoms with Crippen LogP contribution in [0.1, 0.15) is 38.2 Å². The fourth-order valence-electron chi connectivity index (χ4n) is 4.30. The molecule has 0 radical (unpaired) electrons. The Balaban J connectivity index is 1.68. The number of ether oxygens (including phenoxy) is 2. The molecule has 1 aliphatic heterocycles. The quantitative estimate of drug-likeness (QED) is 0.510. The summed E-state index contributed by atoms with van der Waals surface area (Å²) < 4.78 is 10.8. The van der Waals surface area contributed by atoms with Crippen LogP contribution in [0.25, 0.3) is 6.08 Å². The normalized spacial score (nSPS) is 23.1. The number of nitriles is 1. The third kappa shape index (κ3) is 5.23. The maximum atomic E-state index is 13.6. The minimum absolute atomic E-state index is 0.00259. The summed E-state index contributed by atoms with van der Waals surface area (Å²) in [6, 6.07) is 17.3. The molecule has 1 heterocycles. The number of thioether (sulfide) groups is 1. The van der Waals surface area contributed by atoms with Crippen molar-refractivity contribution in [2.75, 3.05) is 13.7 Å². The van der Waals surface area contributed by atoms with Crippen molar-refractivity contribution in [3.05, 3.63) is 59.0 Å². The molecule has 2 aromatic rings. The van der Waals surface area contributed by atoms with E-state index >= 15 is 0 Å². The summed E-state index contributed by atoms with van der Waals surface area (Å²) >= 11 is 1.42. The smallest absolute Gasteiger partial charge is 0.267 e. The molecule has 0 spiro atoms. The van der Waals surface area contributed by atoms with E-state index in [1.807, 2.05) is 59.5 Å². The van der Waals surface area contributed by atoms with E-state index in [1.54, 1.807) is 13.2 Å². The third-order valence-electron chi connectivity index (χ3n) is 5.99. The summed E-state index contributed by atoms with van der Waals surface area (Å²) in [5.74, 6) is 1.44. The van der Waals surface area contributed by atoms with Crippen molar-refractivity contribution in [1.29, 1.82) is 5.26 Å². The Bertz CT molecular complexity index is 1110. The van der Waals surface area contributed by atoms with Crippen LogP contribution in [-0.4, -0.2) is 35.7 Å². The summed E-state index contributed by atoms with van der Waals surface area (Å²) in [5, 5.41) is 9.50. The van der Waals surface area contributed by atoms with E-state index in [1.165, 1.54) is 18.2 Å². The van der Waals surface area contributed by atoms with E-state index in [9.17, 15) is 4.79 Å². The first-order chi connectivity index (χ1) is 16.1. The molecule has 1 amide bonds. The molecule has 2 atom stereocenters. The molecule has 1 aliphatic carbocycles. The van der Waals surface area contributed by atoms with E-state index in [-0.39, 0.29) is 18.6 Å². The second-order valence-electron chi connectivity index (χ2n) is 8.20. The molecular weight excluding hydrogens is 434 g/mol. The van der Waals surface area contributed by atoms with Gasteiger partial charge in [0, 0.05) is 6.04 Å². The van der Waals surface area contributed by atoms with Crippen LogP contribution in [0, 0.1) is 17.2 Å². The number of amides is 1. The number of para-hydroxylation sites is 1. The van der Waals surface area contributed by atoms with Gasteiger partial charge in [-0.3, -0.25) is 9.69 Å². The molecule has 2 fully saturated rings. The van der Waals surface area contributed by atoms with Gasteiger partial charge in [-0.05, 0) is 66.4 Å². The number of aliphatic imine (C=N–C) groups is 1. The minimum Gasteiger partial charge on any atom is -0.493 e. The largest absolute Gasteiger partial charge is 0.493 e. The van der Waals surface area contributed by atoms with Crippen LogP contribution in [-0.2, 0) is 4.79 Å². The Morgan fingerprint density at radius 3 is 2.70 bits per heavy atom. The molecule has 0 bridgehead atoms. The summed E-state index contributed by atoms with van der Waals surface area (Å²) in [6.45, 7) is 2.17. The molecule has 4 rings (SSSR count). The minimum atomic E-state index is -0.0566. The Labute approximate surface area is 198 Å². The lowest BCUT2D eigenvalue weighted by Crippen LogP contribution is -2.44. The molecule has 6 nitrogen and oxygen atoms in total. The summed E-state index contributed by atoms with van der Waals surface area (Å²) in [6.07, 6.45) is 6.33. The number of nitrogens with zero attached hydrogens (tertiary/aromatic N) is 3. The van der Waals surface area contributed by atoms with E-state index in [2.05, 4.69) is 6.92 Å². The summed E-state index contributed by atoms with van der Waals surface area (Å²) in [7, 11) is 1.55. The van der Waals surface area contributed by atoms with Crippen LogP contribution in [0.3, 0.4) is 0 Å². The highest BCUT2D eigenvalue weighted by Gasteiger charge is 2.41. The van der Waals surface area contributed by atoms with E-state index in [0.29, 0.717) is 22.3 Å². The molecule has 33 heavy (non-hydrogen) atoms. The standard InChI is InChI=1S/C26H27N3O3S/c1-18-8-6-7-11-21(18)29-25(30)24(33-26(29)28-20-9-4-3-5-10-20)17-19-12-13-22(32-15-14-27)23(16-19)31-2/h3-5,9-10,12-13,16-18,21H,6-8,11,15H2,1-2H3/b24-17-,28-26?/t18-,21-/m0/s1. The molecule has 1 saturated carbocycles. The fraction of sp³-hybridized carbons (Fsp3) is 0.346. The van der Waals surface area contributed by atoms with Crippen LogP contribution >= 0.6 is 11.8 Å². The molecule has 170 valence electrons. The van der Waals surface area contributed by atoms with Crippen molar-refractivity contribution in [2.45, 2.75) is 38.6 Å². The van der Waals surface area contributed by atoms with Gasteiger partial charge in [0.2, 0.25) is 0 Å². The molecule has 0 N–H and O–H groups in total. The SMILES string of the molecule is COc1cc(/C=C2\SC(=Nc3ccccc3)N([C@H]3CCCC[C@@H]3C)C2=O)ccc1OCC#N. The molecule has 7 heteroatoms. The first kappa shape index (κ1) is 22.9. The van der Waals surface area contributed by atoms with Crippen LogP contribution in [0.4, 0.5) is 5.69 Å². The van der Waals surface area contributed by atoms with Crippen LogP contribution in [0.2, 0.25) is 0 Å². The number of methoxy groups -OCH3 is 1. The second-order valence-corrected chi connectivity index (χ2v) is 9.21. The van der Waals surface area contributed by atoms with E-state index in [0.717, 1.165) is 35.7 Å². The van der Waals surface area contributed by atoms with Gasteiger partial charge in [0.25, 0.3) is 5.91 Å². The fourth-order valence-corrected chi connectivity index (χ4v) is 5.35. The zero-order chi connectivity index (χ0) is 23.2. The summed E-state index contributed by atoms with van der Waals surface area (Å²) in [5.41, 5.74) is 1.66. The lowest BCUT2D eigenvalue weighted by Gasteiger charge is -2.35. The first-order valence-corrected chi connectivity index (χ1v) is 12.0. The van der Waals surface area contributed by atoms with Gasteiger partial charge in [0.15, 0.2) is 23.3 Å². The Morgan fingerprint density at radius 2 is 1.97 bits per heavy atom. The van der Waals surface area contributed by atoms with E-state index < -0.39 is 0 Å². The highest BCUT2D eigenvalue weighted by atomic mass is 32.2. The topological polar surface area (TPSA) is 74.9 Å². The highest BCUT2D eigenvalue weighted by Crippen LogP contribution is 2.40. The Kier molecular flexibility index (Phi) is 7.36. The third-order valence-corrected chi connectivity index (χ3v) is 6.98. The number of carbonyl (C=O) groups is 1. The zero-order valence-corrected chi connectivity index (χ0v) is 19.7. The van der Waals surface area contributed by atoms with Crippen LogP contribution in [0.15, 0.2) is 58.4 Å². The number of hydrogen-bond acceptors (Lipinski definition) is 6. The van der Waals surface area contributed by atoms with Gasteiger partial charge in [0.05, 0.1) is 17.7 Å². The highest BCUT2D eigenvalue weighted by molar-refractivity contribution is 8.18. The van der Waals surface area contributed by atoms with Gasteiger partial charge in [-0.1, -0.05) is 44.0 Å². The maximum Gasteiger partial charge on any atom is 0.267 e. The number of benzene rings is 2. The van der Waals surface area contributed by atoms with Gasteiger partial charge >= 0.3 is 0 Å². The lowest BCUT2D eigenvalue weighted by atomic mass is 9.85.